The summed E-state index contributed by atoms with van der Waals surface area (Å²) >= 11 is 0. The van der Waals surface area contributed by atoms with Gasteiger partial charge in [0.1, 0.15) is 5.82 Å². The van der Waals surface area contributed by atoms with E-state index in [1.807, 2.05) is 25.4 Å². The van der Waals surface area contributed by atoms with Gasteiger partial charge in [-0.05, 0) is 74.3 Å². The summed E-state index contributed by atoms with van der Waals surface area (Å²) in [5.74, 6) is 2.38. The lowest BCUT2D eigenvalue weighted by molar-refractivity contribution is 0.106. The van der Waals surface area contributed by atoms with E-state index >= 15 is 0 Å². The molecule has 3 aromatic rings. The molecular weight excluding hydrogens is 400 g/mol. The number of hydrogen-bond donors (Lipinski definition) is 1. The van der Waals surface area contributed by atoms with Crippen LogP contribution >= 0.6 is 0 Å². The van der Waals surface area contributed by atoms with Crippen LogP contribution in [0.5, 0.6) is 11.5 Å². The fourth-order valence-electron chi connectivity index (χ4n) is 4.79. The highest BCUT2D eigenvalue weighted by atomic mass is 16.5. The Morgan fingerprint density at radius 2 is 1.50 bits per heavy atom. The molecule has 2 saturated carbocycles. The fraction of sp³-hybridized carbons (Fsp3) is 0.407. The van der Waals surface area contributed by atoms with Crippen LogP contribution in [0, 0.1) is 6.92 Å². The highest BCUT2D eigenvalue weighted by Crippen LogP contribution is 2.47. The van der Waals surface area contributed by atoms with Crippen LogP contribution in [0.3, 0.4) is 0 Å². The molecule has 0 radical (unpaired) electrons. The summed E-state index contributed by atoms with van der Waals surface area (Å²) in [6.45, 7) is 1.89. The molecule has 2 aliphatic carbocycles. The summed E-state index contributed by atoms with van der Waals surface area (Å²) in [7, 11) is 1.69. The second-order valence-electron chi connectivity index (χ2n) is 9.09. The standard InChI is InChI=1S/C27H30N2O3/c1-18-28-16-20(17-29-18)19-3-5-21(6-4-19)27(13-11-23(30)12-14-27)22-7-10-25(31-2)26(15-22)32-24-8-9-24/h3-7,10,15-17,23-24,30H,8-9,11-14H2,1-2H3. The third-order valence-corrected chi connectivity index (χ3v) is 6.89. The van der Waals surface area contributed by atoms with E-state index in [-0.39, 0.29) is 11.5 Å². The molecule has 0 unspecified atom stereocenters. The van der Waals surface area contributed by atoms with Gasteiger partial charge in [-0.2, -0.15) is 0 Å². The maximum absolute atomic E-state index is 10.3. The lowest BCUT2D eigenvalue weighted by Gasteiger charge is -2.40. The molecule has 0 spiro atoms. The normalized spacial score (nSPS) is 23.0. The molecular formula is C27H30N2O3. The van der Waals surface area contributed by atoms with E-state index in [1.54, 1.807) is 7.11 Å². The number of aliphatic hydroxyl groups excluding tert-OH is 1. The van der Waals surface area contributed by atoms with Crippen molar-refractivity contribution in [2.45, 2.75) is 63.1 Å². The van der Waals surface area contributed by atoms with Crippen LogP contribution in [0.2, 0.25) is 0 Å². The van der Waals surface area contributed by atoms with Gasteiger partial charge in [-0.15, -0.1) is 0 Å². The van der Waals surface area contributed by atoms with Gasteiger partial charge in [-0.1, -0.05) is 30.3 Å². The zero-order valence-electron chi connectivity index (χ0n) is 18.8. The Bertz CT molecular complexity index is 1070. The molecule has 32 heavy (non-hydrogen) atoms. The summed E-state index contributed by atoms with van der Waals surface area (Å²) in [4.78, 5) is 8.65. The number of rotatable bonds is 6. The SMILES string of the molecule is COc1ccc(C2(c3ccc(-c4cnc(C)nc4)cc3)CCC(O)CC2)cc1OC1CC1. The smallest absolute Gasteiger partial charge is 0.161 e. The lowest BCUT2D eigenvalue weighted by Crippen LogP contribution is -2.34. The Kier molecular flexibility index (Phi) is 5.60. The Hall–Kier alpha value is -2.92. The van der Waals surface area contributed by atoms with E-state index in [9.17, 15) is 5.11 Å². The van der Waals surface area contributed by atoms with Gasteiger partial charge in [0.15, 0.2) is 11.5 Å². The number of hydrogen-bond acceptors (Lipinski definition) is 5. The van der Waals surface area contributed by atoms with Gasteiger partial charge in [0, 0.05) is 23.4 Å². The van der Waals surface area contributed by atoms with E-state index in [0.717, 1.165) is 67.0 Å². The summed E-state index contributed by atoms with van der Waals surface area (Å²) in [6, 6.07) is 15.1. The fourth-order valence-corrected chi connectivity index (χ4v) is 4.79. The Labute approximate surface area is 189 Å². The van der Waals surface area contributed by atoms with Crippen LogP contribution in [0.25, 0.3) is 11.1 Å². The highest BCUT2D eigenvalue weighted by Gasteiger charge is 2.39. The summed E-state index contributed by atoms with van der Waals surface area (Å²) in [5, 5.41) is 10.3. The monoisotopic (exact) mass is 430 g/mol. The minimum Gasteiger partial charge on any atom is -0.493 e. The molecule has 0 saturated heterocycles. The summed E-state index contributed by atoms with van der Waals surface area (Å²) in [5.41, 5.74) is 4.46. The van der Waals surface area contributed by atoms with E-state index in [1.165, 1.54) is 11.1 Å². The van der Waals surface area contributed by atoms with Crippen molar-refractivity contribution in [1.29, 1.82) is 0 Å². The number of aliphatic hydroxyl groups is 1. The first-order valence-electron chi connectivity index (χ1n) is 11.5. The topological polar surface area (TPSA) is 64.5 Å². The lowest BCUT2D eigenvalue weighted by atomic mass is 9.64. The van der Waals surface area contributed by atoms with E-state index < -0.39 is 0 Å². The maximum Gasteiger partial charge on any atom is 0.161 e. The molecule has 0 aliphatic heterocycles. The minimum atomic E-state index is -0.229. The van der Waals surface area contributed by atoms with E-state index in [0.29, 0.717) is 6.10 Å². The van der Waals surface area contributed by atoms with Gasteiger partial charge < -0.3 is 14.6 Å². The van der Waals surface area contributed by atoms with Crippen LogP contribution in [0.1, 0.15) is 55.5 Å². The molecule has 5 rings (SSSR count). The van der Waals surface area contributed by atoms with Crippen molar-refractivity contribution in [2.75, 3.05) is 7.11 Å². The van der Waals surface area contributed by atoms with Gasteiger partial charge in [0.05, 0.1) is 19.3 Å². The number of nitrogens with zero attached hydrogens (tertiary/aromatic N) is 2. The molecule has 2 aromatic carbocycles. The molecule has 5 nitrogen and oxygen atoms in total. The number of aryl methyl sites for hydroxylation is 1. The maximum atomic E-state index is 10.3. The van der Waals surface area contributed by atoms with Crippen LogP contribution in [-0.4, -0.2) is 34.4 Å². The third-order valence-electron chi connectivity index (χ3n) is 6.89. The predicted molar refractivity (Wildman–Crippen MR) is 124 cm³/mol. The second kappa shape index (κ2) is 8.55. The Morgan fingerprint density at radius 3 is 2.12 bits per heavy atom. The second-order valence-corrected chi connectivity index (χ2v) is 9.09. The predicted octanol–water partition coefficient (Wildman–Crippen LogP) is 5.22. The van der Waals surface area contributed by atoms with Crippen molar-refractivity contribution in [2.24, 2.45) is 0 Å². The molecule has 2 aliphatic rings. The van der Waals surface area contributed by atoms with Crippen molar-refractivity contribution in [3.8, 4) is 22.6 Å². The number of methoxy groups -OCH3 is 1. The van der Waals surface area contributed by atoms with Crippen LogP contribution in [-0.2, 0) is 5.41 Å². The van der Waals surface area contributed by atoms with Gasteiger partial charge in [0.25, 0.3) is 0 Å². The van der Waals surface area contributed by atoms with Gasteiger partial charge in [0.2, 0.25) is 0 Å². The average Bonchev–Trinajstić information content (AvgIpc) is 3.65. The van der Waals surface area contributed by atoms with Crippen LogP contribution in [0.15, 0.2) is 54.9 Å². The Balaban J connectivity index is 1.53. The van der Waals surface area contributed by atoms with Crippen molar-refractivity contribution < 1.29 is 14.6 Å². The first-order chi connectivity index (χ1) is 15.6. The molecule has 1 aromatic heterocycles. The largest absolute Gasteiger partial charge is 0.493 e. The molecule has 166 valence electrons. The summed E-state index contributed by atoms with van der Waals surface area (Å²) in [6.07, 6.45) is 9.41. The van der Waals surface area contributed by atoms with Crippen molar-refractivity contribution >= 4 is 0 Å². The number of aromatic nitrogens is 2. The molecule has 0 amide bonds. The molecule has 0 atom stereocenters. The van der Waals surface area contributed by atoms with E-state index in [4.69, 9.17) is 9.47 Å². The molecule has 0 bridgehead atoms. The number of benzene rings is 2. The van der Waals surface area contributed by atoms with Crippen molar-refractivity contribution in [3.05, 3.63) is 71.8 Å². The van der Waals surface area contributed by atoms with E-state index in [2.05, 4.69) is 46.4 Å². The van der Waals surface area contributed by atoms with Crippen molar-refractivity contribution in [3.63, 3.8) is 0 Å². The first kappa shape index (κ1) is 21.0. The average molecular weight is 431 g/mol. The summed E-state index contributed by atoms with van der Waals surface area (Å²) < 4.78 is 11.7. The van der Waals surface area contributed by atoms with Crippen molar-refractivity contribution in [1.82, 2.24) is 9.97 Å². The van der Waals surface area contributed by atoms with Gasteiger partial charge in [-0.3, -0.25) is 0 Å². The van der Waals surface area contributed by atoms with Gasteiger partial charge in [-0.25, -0.2) is 9.97 Å². The van der Waals surface area contributed by atoms with Crippen LogP contribution in [0.4, 0.5) is 0 Å². The first-order valence-corrected chi connectivity index (χ1v) is 11.5. The zero-order valence-corrected chi connectivity index (χ0v) is 18.8. The minimum absolute atomic E-state index is 0.157. The molecule has 5 heteroatoms. The van der Waals surface area contributed by atoms with Crippen LogP contribution < -0.4 is 9.47 Å². The Morgan fingerprint density at radius 1 is 0.844 bits per heavy atom. The molecule has 1 N–H and O–H groups in total. The quantitative estimate of drug-likeness (QED) is 0.581. The third kappa shape index (κ3) is 4.09. The van der Waals surface area contributed by atoms with Gasteiger partial charge >= 0.3 is 0 Å². The highest BCUT2D eigenvalue weighted by molar-refractivity contribution is 5.62. The zero-order chi connectivity index (χ0) is 22.1. The number of ether oxygens (including phenoxy) is 2. The molecule has 2 fully saturated rings. The molecule has 1 heterocycles.